The standard InChI is InChI=1S/C8H12N2O2/c1-10-5-3-2-4-7(10)6-12-8(9)11/h2-4H,5-6H2,1H3,(H2,9,11). The lowest BCUT2D eigenvalue weighted by Gasteiger charge is -2.22. The number of allylic oxidation sites excluding steroid dienone is 2. The molecule has 0 aromatic carbocycles. The second-order valence-electron chi connectivity index (χ2n) is 2.57. The van der Waals surface area contributed by atoms with Crippen molar-refractivity contribution in [3.63, 3.8) is 0 Å². The Hall–Kier alpha value is -1.45. The van der Waals surface area contributed by atoms with Crippen molar-refractivity contribution in [2.75, 3.05) is 20.2 Å². The van der Waals surface area contributed by atoms with Gasteiger partial charge in [0.15, 0.2) is 0 Å². The van der Waals surface area contributed by atoms with Crippen LogP contribution < -0.4 is 5.73 Å². The van der Waals surface area contributed by atoms with Crippen molar-refractivity contribution in [3.8, 4) is 0 Å². The number of ether oxygens (including phenoxy) is 1. The molecule has 0 saturated heterocycles. The third-order valence-electron chi connectivity index (χ3n) is 1.66. The van der Waals surface area contributed by atoms with E-state index in [9.17, 15) is 4.79 Å². The summed E-state index contributed by atoms with van der Waals surface area (Å²) in [5, 5.41) is 0. The fourth-order valence-corrected chi connectivity index (χ4v) is 0.946. The van der Waals surface area contributed by atoms with Crippen LogP contribution in [0.25, 0.3) is 0 Å². The minimum Gasteiger partial charge on any atom is -0.443 e. The van der Waals surface area contributed by atoms with Crippen molar-refractivity contribution < 1.29 is 9.53 Å². The average molecular weight is 168 g/mol. The van der Waals surface area contributed by atoms with Gasteiger partial charge in [-0.1, -0.05) is 12.2 Å². The number of likely N-dealkylation sites (N-methyl/N-ethyl adjacent to an activating group) is 1. The molecule has 66 valence electrons. The Labute approximate surface area is 71.3 Å². The average Bonchev–Trinajstić information content (AvgIpc) is 2.03. The monoisotopic (exact) mass is 168 g/mol. The first-order valence-electron chi connectivity index (χ1n) is 3.69. The number of amides is 1. The molecule has 1 rings (SSSR count). The molecule has 0 aromatic heterocycles. The molecule has 1 heterocycles. The Balaban J connectivity index is 2.44. The maximum atomic E-state index is 10.3. The van der Waals surface area contributed by atoms with Crippen LogP contribution in [-0.4, -0.2) is 31.2 Å². The van der Waals surface area contributed by atoms with Gasteiger partial charge in [0.2, 0.25) is 0 Å². The number of primary amides is 1. The maximum absolute atomic E-state index is 10.3. The first kappa shape index (κ1) is 8.64. The third kappa shape index (κ3) is 2.30. The number of nitrogens with two attached hydrogens (primary N) is 1. The van der Waals surface area contributed by atoms with E-state index < -0.39 is 6.09 Å². The van der Waals surface area contributed by atoms with E-state index in [1.165, 1.54) is 0 Å². The molecular formula is C8H12N2O2. The van der Waals surface area contributed by atoms with E-state index in [0.29, 0.717) is 0 Å². The van der Waals surface area contributed by atoms with Crippen LogP contribution >= 0.6 is 0 Å². The number of carbonyl (C=O) groups excluding carboxylic acids is 1. The van der Waals surface area contributed by atoms with Gasteiger partial charge in [0.1, 0.15) is 6.61 Å². The lowest BCUT2D eigenvalue weighted by atomic mass is 10.3. The van der Waals surface area contributed by atoms with Crippen LogP contribution in [0.2, 0.25) is 0 Å². The molecule has 1 aliphatic rings. The lowest BCUT2D eigenvalue weighted by Crippen LogP contribution is -2.25. The molecule has 0 spiro atoms. The topological polar surface area (TPSA) is 55.6 Å². The van der Waals surface area contributed by atoms with Gasteiger partial charge in [-0.3, -0.25) is 0 Å². The van der Waals surface area contributed by atoms with E-state index in [1.807, 2.05) is 30.2 Å². The van der Waals surface area contributed by atoms with Gasteiger partial charge in [-0.2, -0.15) is 0 Å². The Morgan fingerprint density at radius 2 is 2.58 bits per heavy atom. The maximum Gasteiger partial charge on any atom is 0.404 e. The zero-order valence-electron chi connectivity index (χ0n) is 6.99. The second kappa shape index (κ2) is 3.80. The molecule has 0 radical (unpaired) electrons. The largest absolute Gasteiger partial charge is 0.443 e. The first-order valence-corrected chi connectivity index (χ1v) is 3.69. The van der Waals surface area contributed by atoms with Gasteiger partial charge in [-0.25, -0.2) is 4.79 Å². The van der Waals surface area contributed by atoms with Gasteiger partial charge < -0.3 is 15.4 Å². The van der Waals surface area contributed by atoms with Gasteiger partial charge in [0, 0.05) is 13.6 Å². The van der Waals surface area contributed by atoms with Crippen LogP contribution in [0.3, 0.4) is 0 Å². The number of carbonyl (C=O) groups is 1. The van der Waals surface area contributed by atoms with Crippen LogP contribution in [0.5, 0.6) is 0 Å². The highest BCUT2D eigenvalue weighted by Gasteiger charge is 2.06. The van der Waals surface area contributed by atoms with E-state index in [0.717, 1.165) is 12.2 Å². The molecular weight excluding hydrogens is 156 g/mol. The van der Waals surface area contributed by atoms with Gasteiger partial charge >= 0.3 is 6.09 Å². The smallest absolute Gasteiger partial charge is 0.404 e. The van der Waals surface area contributed by atoms with Crippen molar-refractivity contribution in [1.29, 1.82) is 0 Å². The predicted octanol–water partition coefficient (Wildman–Crippen LogP) is 0.467. The molecule has 0 saturated carbocycles. The van der Waals surface area contributed by atoms with Crippen molar-refractivity contribution in [2.45, 2.75) is 0 Å². The highest BCUT2D eigenvalue weighted by Crippen LogP contribution is 2.06. The van der Waals surface area contributed by atoms with Crippen molar-refractivity contribution >= 4 is 6.09 Å². The minimum absolute atomic E-state index is 0.246. The summed E-state index contributed by atoms with van der Waals surface area (Å²) in [5.74, 6) is 0. The minimum atomic E-state index is -0.737. The van der Waals surface area contributed by atoms with E-state index >= 15 is 0 Å². The fraction of sp³-hybridized carbons (Fsp3) is 0.375. The Morgan fingerprint density at radius 1 is 1.83 bits per heavy atom. The molecule has 1 amide bonds. The summed E-state index contributed by atoms with van der Waals surface area (Å²) in [6.45, 7) is 1.09. The molecule has 0 bridgehead atoms. The highest BCUT2D eigenvalue weighted by molar-refractivity contribution is 5.64. The number of rotatable bonds is 2. The summed E-state index contributed by atoms with van der Waals surface area (Å²) in [6, 6.07) is 0. The SMILES string of the molecule is CN1CC=CC=C1COC(N)=O. The zero-order chi connectivity index (χ0) is 8.97. The molecule has 4 heteroatoms. The highest BCUT2D eigenvalue weighted by atomic mass is 16.5. The van der Waals surface area contributed by atoms with Crippen LogP contribution in [-0.2, 0) is 4.74 Å². The molecule has 12 heavy (non-hydrogen) atoms. The fourth-order valence-electron chi connectivity index (χ4n) is 0.946. The predicted molar refractivity (Wildman–Crippen MR) is 45.4 cm³/mol. The molecule has 0 atom stereocenters. The zero-order valence-corrected chi connectivity index (χ0v) is 6.99. The van der Waals surface area contributed by atoms with E-state index in [1.54, 1.807) is 0 Å². The van der Waals surface area contributed by atoms with Crippen LogP contribution in [0.4, 0.5) is 4.79 Å². The molecule has 1 aliphatic heterocycles. The molecule has 0 unspecified atom stereocenters. The van der Waals surface area contributed by atoms with E-state index in [4.69, 9.17) is 5.73 Å². The molecule has 0 aromatic rings. The van der Waals surface area contributed by atoms with Crippen LogP contribution in [0, 0.1) is 0 Å². The van der Waals surface area contributed by atoms with Gasteiger partial charge in [-0.05, 0) is 6.08 Å². The van der Waals surface area contributed by atoms with E-state index in [2.05, 4.69) is 4.74 Å². The molecule has 0 aliphatic carbocycles. The summed E-state index contributed by atoms with van der Waals surface area (Å²) in [4.78, 5) is 12.3. The lowest BCUT2D eigenvalue weighted by molar-refractivity contribution is 0.158. The van der Waals surface area contributed by atoms with Gasteiger partial charge in [0.25, 0.3) is 0 Å². The Morgan fingerprint density at radius 3 is 3.17 bits per heavy atom. The van der Waals surface area contributed by atoms with Gasteiger partial charge in [0.05, 0.1) is 5.70 Å². The number of nitrogens with zero attached hydrogens (tertiary/aromatic N) is 1. The summed E-state index contributed by atoms with van der Waals surface area (Å²) < 4.78 is 4.65. The second-order valence-corrected chi connectivity index (χ2v) is 2.57. The quantitative estimate of drug-likeness (QED) is 0.652. The summed E-state index contributed by atoms with van der Waals surface area (Å²) in [7, 11) is 1.93. The third-order valence-corrected chi connectivity index (χ3v) is 1.66. The van der Waals surface area contributed by atoms with Crippen LogP contribution in [0.15, 0.2) is 23.9 Å². The first-order chi connectivity index (χ1) is 5.70. The Bertz CT molecular complexity index is 233. The van der Waals surface area contributed by atoms with Crippen molar-refractivity contribution in [1.82, 2.24) is 4.90 Å². The normalized spacial score (nSPS) is 15.8. The summed E-state index contributed by atoms with van der Waals surface area (Å²) in [6.07, 6.45) is 5.11. The Kier molecular flexibility index (Phi) is 2.74. The number of hydrogen-bond donors (Lipinski definition) is 1. The summed E-state index contributed by atoms with van der Waals surface area (Å²) in [5.41, 5.74) is 5.79. The van der Waals surface area contributed by atoms with Crippen molar-refractivity contribution in [2.24, 2.45) is 5.73 Å². The number of hydrogen-bond acceptors (Lipinski definition) is 3. The van der Waals surface area contributed by atoms with Crippen LogP contribution in [0.1, 0.15) is 0 Å². The summed E-state index contributed by atoms with van der Waals surface area (Å²) >= 11 is 0. The molecule has 2 N–H and O–H groups in total. The molecule has 4 nitrogen and oxygen atoms in total. The van der Waals surface area contributed by atoms with Crippen molar-refractivity contribution in [3.05, 3.63) is 23.9 Å². The van der Waals surface area contributed by atoms with E-state index in [-0.39, 0.29) is 6.61 Å². The molecule has 0 fully saturated rings. The van der Waals surface area contributed by atoms with Gasteiger partial charge in [-0.15, -0.1) is 0 Å².